The van der Waals surface area contributed by atoms with E-state index in [2.05, 4.69) is 20.8 Å². The van der Waals surface area contributed by atoms with Gasteiger partial charge in [-0.15, -0.1) is 10.2 Å². The number of hydrogen-bond acceptors (Lipinski definition) is 7. The second-order valence-corrected chi connectivity index (χ2v) is 4.59. The predicted molar refractivity (Wildman–Crippen MR) is 75.1 cm³/mol. The highest BCUT2D eigenvalue weighted by Crippen LogP contribution is 2.28. The fourth-order valence-corrected chi connectivity index (χ4v) is 2.10. The van der Waals surface area contributed by atoms with E-state index >= 15 is 0 Å². The van der Waals surface area contributed by atoms with Crippen molar-refractivity contribution in [3.05, 3.63) is 28.8 Å². The lowest BCUT2D eigenvalue weighted by atomic mass is 10.2. The van der Waals surface area contributed by atoms with Gasteiger partial charge in [0.1, 0.15) is 17.5 Å². The minimum Gasteiger partial charge on any atom is -0.495 e. The number of nitrogens with one attached hydrogen (secondary N) is 2. The number of ether oxygens (including phenoxy) is 1. The Labute approximate surface area is 119 Å². The predicted octanol–water partition coefficient (Wildman–Crippen LogP) is 1.71. The Kier molecular flexibility index (Phi) is 4.12. The van der Waals surface area contributed by atoms with Crippen molar-refractivity contribution in [2.24, 2.45) is 0 Å². The normalized spacial score (nSPS) is 9.65. The second-order valence-electron chi connectivity index (χ2n) is 3.61. The zero-order valence-electron chi connectivity index (χ0n) is 10.8. The van der Waals surface area contributed by atoms with E-state index in [1.807, 2.05) is 6.07 Å². The van der Waals surface area contributed by atoms with Crippen LogP contribution in [0, 0.1) is 11.3 Å². The van der Waals surface area contributed by atoms with Gasteiger partial charge < -0.3 is 15.4 Å². The third kappa shape index (κ3) is 2.67. The van der Waals surface area contributed by atoms with Crippen LogP contribution in [0.15, 0.2) is 18.2 Å². The third-order valence-corrected chi connectivity index (χ3v) is 3.38. The standard InChI is InChI=1S/C12H11N5O2S/c1-14-12-17-16-11(20-12)10(18)15-9-7(6-13)4-3-5-8(9)19-2/h3-5H,1-2H3,(H,14,17)(H,15,18). The Morgan fingerprint density at radius 2 is 2.25 bits per heavy atom. The van der Waals surface area contributed by atoms with Crippen molar-refractivity contribution in [2.75, 3.05) is 24.8 Å². The maximum atomic E-state index is 12.1. The number of rotatable bonds is 4. The number of para-hydroxylation sites is 1. The number of methoxy groups -OCH3 is 1. The van der Waals surface area contributed by atoms with Crippen molar-refractivity contribution in [3.63, 3.8) is 0 Å². The van der Waals surface area contributed by atoms with Gasteiger partial charge in [0.15, 0.2) is 0 Å². The molecular weight excluding hydrogens is 278 g/mol. The van der Waals surface area contributed by atoms with Crippen LogP contribution >= 0.6 is 11.3 Å². The van der Waals surface area contributed by atoms with Crippen molar-refractivity contribution < 1.29 is 9.53 Å². The van der Waals surface area contributed by atoms with Gasteiger partial charge in [-0.25, -0.2) is 0 Å². The molecule has 1 amide bonds. The van der Waals surface area contributed by atoms with Gasteiger partial charge in [0, 0.05) is 7.05 Å². The summed E-state index contributed by atoms with van der Waals surface area (Å²) in [6.07, 6.45) is 0. The number of amides is 1. The van der Waals surface area contributed by atoms with E-state index in [9.17, 15) is 4.79 Å². The summed E-state index contributed by atoms with van der Waals surface area (Å²) in [5.74, 6) is -0.0271. The Morgan fingerprint density at radius 3 is 2.85 bits per heavy atom. The first-order chi connectivity index (χ1) is 9.69. The van der Waals surface area contributed by atoms with Crippen molar-refractivity contribution >= 4 is 28.1 Å². The van der Waals surface area contributed by atoms with E-state index < -0.39 is 5.91 Å². The summed E-state index contributed by atoms with van der Waals surface area (Å²) >= 11 is 1.12. The van der Waals surface area contributed by atoms with Crippen LogP contribution in [0.1, 0.15) is 15.4 Å². The molecule has 0 saturated carbocycles. The highest BCUT2D eigenvalue weighted by Gasteiger charge is 2.17. The fourth-order valence-electron chi connectivity index (χ4n) is 1.51. The molecule has 0 spiro atoms. The largest absolute Gasteiger partial charge is 0.495 e. The van der Waals surface area contributed by atoms with Crippen LogP contribution in [0.25, 0.3) is 0 Å². The molecule has 20 heavy (non-hydrogen) atoms. The number of carbonyl (C=O) groups excluding carboxylic acids is 1. The summed E-state index contributed by atoms with van der Waals surface area (Å²) < 4.78 is 5.14. The molecule has 0 atom stereocenters. The van der Waals surface area contributed by atoms with Crippen molar-refractivity contribution in [3.8, 4) is 11.8 Å². The van der Waals surface area contributed by atoms with Crippen LogP contribution in [0.5, 0.6) is 5.75 Å². The molecule has 0 radical (unpaired) electrons. The molecule has 1 aromatic carbocycles. The van der Waals surface area contributed by atoms with Gasteiger partial charge in [0.05, 0.1) is 12.7 Å². The van der Waals surface area contributed by atoms with Crippen LogP contribution in [0.4, 0.5) is 10.8 Å². The Morgan fingerprint density at radius 1 is 1.45 bits per heavy atom. The Bertz CT molecular complexity index is 677. The summed E-state index contributed by atoms with van der Waals surface area (Å²) in [4.78, 5) is 12.1. The number of aromatic nitrogens is 2. The van der Waals surface area contributed by atoms with E-state index in [0.717, 1.165) is 11.3 Å². The van der Waals surface area contributed by atoms with Gasteiger partial charge >= 0.3 is 0 Å². The lowest BCUT2D eigenvalue weighted by Gasteiger charge is -2.10. The molecule has 2 aromatic rings. The van der Waals surface area contributed by atoms with Crippen LogP contribution in [-0.2, 0) is 0 Å². The van der Waals surface area contributed by atoms with Crippen LogP contribution in [-0.4, -0.2) is 30.3 Å². The first-order valence-corrected chi connectivity index (χ1v) is 6.41. The minimum absolute atomic E-state index is 0.198. The molecule has 0 saturated heterocycles. The number of hydrogen-bond donors (Lipinski definition) is 2. The minimum atomic E-state index is -0.440. The van der Waals surface area contributed by atoms with Gasteiger partial charge in [0.2, 0.25) is 10.1 Å². The van der Waals surface area contributed by atoms with Crippen molar-refractivity contribution in [1.29, 1.82) is 5.26 Å². The van der Waals surface area contributed by atoms with E-state index in [-0.39, 0.29) is 5.01 Å². The van der Waals surface area contributed by atoms with Gasteiger partial charge in [0.25, 0.3) is 5.91 Å². The lowest BCUT2D eigenvalue weighted by Crippen LogP contribution is -2.13. The Hall–Kier alpha value is -2.66. The maximum absolute atomic E-state index is 12.1. The molecule has 0 bridgehead atoms. The van der Waals surface area contributed by atoms with Gasteiger partial charge in [-0.05, 0) is 12.1 Å². The average Bonchev–Trinajstić information content (AvgIpc) is 2.96. The summed E-state index contributed by atoms with van der Waals surface area (Å²) in [7, 11) is 3.16. The number of carbonyl (C=O) groups is 1. The first-order valence-electron chi connectivity index (χ1n) is 5.59. The highest BCUT2D eigenvalue weighted by molar-refractivity contribution is 7.17. The number of nitrogens with zero attached hydrogens (tertiary/aromatic N) is 3. The van der Waals surface area contributed by atoms with Crippen LogP contribution in [0.2, 0.25) is 0 Å². The molecule has 7 nitrogen and oxygen atoms in total. The molecule has 0 fully saturated rings. The molecule has 8 heteroatoms. The number of nitriles is 1. The summed E-state index contributed by atoms with van der Waals surface area (Å²) in [5, 5.41) is 22.8. The quantitative estimate of drug-likeness (QED) is 0.888. The van der Waals surface area contributed by atoms with Gasteiger partial charge in [-0.1, -0.05) is 17.4 Å². The molecule has 2 N–H and O–H groups in total. The highest BCUT2D eigenvalue weighted by atomic mass is 32.1. The third-order valence-electron chi connectivity index (χ3n) is 2.44. The first kappa shape index (κ1) is 13.8. The second kappa shape index (κ2) is 5.99. The maximum Gasteiger partial charge on any atom is 0.286 e. The van der Waals surface area contributed by atoms with Gasteiger partial charge in [-0.3, -0.25) is 4.79 Å². The lowest BCUT2D eigenvalue weighted by molar-refractivity contribution is 0.102. The van der Waals surface area contributed by atoms with Gasteiger partial charge in [-0.2, -0.15) is 5.26 Å². The molecule has 1 aromatic heterocycles. The van der Waals surface area contributed by atoms with E-state index in [0.29, 0.717) is 22.1 Å². The summed E-state index contributed by atoms with van der Waals surface area (Å²) in [5.41, 5.74) is 0.639. The molecule has 102 valence electrons. The SMILES string of the molecule is CNc1nnc(C(=O)Nc2c(C#N)cccc2OC)s1. The molecule has 2 rings (SSSR count). The molecule has 1 heterocycles. The number of benzene rings is 1. The molecule has 0 aliphatic rings. The van der Waals surface area contributed by atoms with Crippen molar-refractivity contribution in [2.45, 2.75) is 0 Å². The monoisotopic (exact) mass is 289 g/mol. The summed E-state index contributed by atoms with van der Waals surface area (Å²) in [6, 6.07) is 6.94. The smallest absolute Gasteiger partial charge is 0.286 e. The molecular formula is C12H11N5O2S. The Balaban J connectivity index is 2.30. The van der Waals surface area contributed by atoms with E-state index in [1.54, 1.807) is 25.2 Å². The molecule has 0 aliphatic heterocycles. The van der Waals surface area contributed by atoms with Crippen LogP contribution < -0.4 is 15.4 Å². The van der Waals surface area contributed by atoms with Crippen molar-refractivity contribution in [1.82, 2.24) is 10.2 Å². The zero-order valence-corrected chi connectivity index (χ0v) is 11.6. The fraction of sp³-hybridized carbons (Fsp3) is 0.167. The molecule has 0 unspecified atom stereocenters. The van der Waals surface area contributed by atoms with E-state index in [1.165, 1.54) is 7.11 Å². The molecule has 0 aliphatic carbocycles. The summed E-state index contributed by atoms with van der Waals surface area (Å²) in [6.45, 7) is 0. The number of anilines is 2. The van der Waals surface area contributed by atoms with Crippen LogP contribution in [0.3, 0.4) is 0 Å². The topological polar surface area (TPSA) is 99.9 Å². The average molecular weight is 289 g/mol. The zero-order chi connectivity index (χ0) is 14.5. The van der Waals surface area contributed by atoms with E-state index in [4.69, 9.17) is 10.00 Å².